The zero-order valence-corrected chi connectivity index (χ0v) is 12.8. The van der Waals surface area contributed by atoms with E-state index < -0.39 is 0 Å². The minimum atomic E-state index is -0.286. The minimum Gasteiger partial charge on any atom is -0.508 e. The molecule has 1 aromatic rings. The molecule has 0 saturated carbocycles. The summed E-state index contributed by atoms with van der Waals surface area (Å²) in [7, 11) is 0. The molecule has 1 aromatic carbocycles. The average Bonchev–Trinajstić information content (AvgIpc) is 2.38. The Kier molecular flexibility index (Phi) is 5.47. The number of alkyl halides is 1. The molecule has 0 heterocycles. The third-order valence-electron chi connectivity index (χ3n) is 3.18. The summed E-state index contributed by atoms with van der Waals surface area (Å²) in [6.45, 7) is 4.05. The molecule has 18 heavy (non-hydrogen) atoms. The van der Waals surface area contributed by atoms with Crippen LogP contribution in [0.4, 0.5) is 0 Å². The lowest BCUT2D eigenvalue weighted by Crippen LogP contribution is -2.49. The van der Waals surface area contributed by atoms with Gasteiger partial charge in [0.05, 0.1) is 10.6 Å². The Morgan fingerprint density at radius 3 is 2.56 bits per heavy atom. The summed E-state index contributed by atoms with van der Waals surface area (Å²) < 4.78 is 0. The Labute approximate surface area is 121 Å². The first kappa shape index (κ1) is 15.3. The van der Waals surface area contributed by atoms with E-state index in [2.05, 4.69) is 21.2 Å². The fraction of sp³-hybridized carbons (Fsp3) is 0.462. The van der Waals surface area contributed by atoms with Crippen LogP contribution in [0.15, 0.2) is 18.2 Å². The van der Waals surface area contributed by atoms with Crippen LogP contribution in [0.3, 0.4) is 0 Å². The number of phenolic OH excluding ortho intramolecular Hbond substituents is 1. The van der Waals surface area contributed by atoms with Gasteiger partial charge in [0.1, 0.15) is 5.75 Å². The Hall–Kier alpha value is -0.740. The van der Waals surface area contributed by atoms with Crippen molar-refractivity contribution in [2.24, 2.45) is 0 Å². The SMILES string of the molecule is CCC(CC)(CBr)NC(=O)c1cc(O)ccc1Cl. The number of rotatable bonds is 5. The maximum Gasteiger partial charge on any atom is 0.253 e. The molecule has 0 aliphatic carbocycles. The number of halogens is 2. The van der Waals surface area contributed by atoms with Crippen molar-refractivity contribution in [2.75, 3.05) is 5.33 Å². The van der Waals surface area contributed by atoms with Crippen molar-refractivity contribution in [1.29, 1.82) is 0 Å². The van der Waals surface area contributed by atoms with Gasteiger partial charge in [-0.15, -0.1) is 0 Å². The van der Waals surface area contributed by atoms with Gasteiger partial charge in [0, 0.05) is 10.9 Å². The predicted octanol–water partition coefficient (Wildman–Crippen LogP) is 3.73. The number of hydrogen-bond donors (Lipinski definition) is 2. The van der Waals surface area contributed by atoms with Crippen molar-refractivity contribution in [3.05, 3.63) is 28.8 Å². The lowest BCUT2D eigenvalue weighted by Gasteiger charge is -2.31. The number of benzene rings is 1. The molecule has 0 saturated heterocycles. The van der Waals surface area contributed by atoms with Gasteiger partial charge in [-0.3, -0.25) is 4.79 Å². The molecule has 0 spiro atoms. The Bertz CT molecular complexity index is 425. The van der Waals surface area contributed by atoms with Crippen LogP contribution in [0.1, 0.15) is 37.0 Å². The Morgan fingerprint density at radius 2 is 2.06 bits per heavy atom. The van der Waals surface area contributed by atoms with Crippen LogP contribution in [0.2, 0.25) is 5.02 Å². The molecule has 1 rings (SSSR count). The van der Waals surface area contributed by atoms with Gasteiger partial charge >= 0.3 is 0 Å². The van der Waals surface area contributed by atoms with Crippen LogP contribution >= 0.6 is 27.5 Å². The number of carbonyl (C=O) groups is 1. The third kappa shape index (κ3) is 3.39. The van der Waals surface area contributed by atoms with E-state index in [1.54, 1.807) is 0 Å². The first-order valence-electron chi connectivity index (χ1n) is 5.85. The third-order valence-corrected chi connectivity index (χ3v) is 4.59. The van der Waals surface area contributed by atoms with Gasteiger partial charge in [-0.25, -0.2) is 0 Å². The number of nitrogens with one attached hydrogen (secondary N) is 1. The maximum atomic E-state index is 12.2. The molecular weight excluding hydrogens is 318 g/mol. The molecule has 0 fully saturated rings. The van der Waals surface area contributed by atoms with E-state index in [-0.39, 0.29) is 17.2 Å². The van der Waals surface area contributed by atoms with Crippen LogP contribution in [0, 0.1) is 0 Å². The summed E-state index contributed by atoms with van der Waals surface area (Å²) in [6.07, 6.45) is 1.63. The van der Waals surface area contributed by atoms with Crippen LogP contribution < -0.4 is 5.32 Å². The average molecular weight is 335 g/mol. The lowest BCUT2D eigenvalue weighted by molar-refractivity contribution is 0.0903. The summed E-state index contributed by atoms with van der Waals surface area (Å²) >= 11 is 9.40. The van der Waals surface area contributed by atoms with Gasteiger partial charge < -0.3 is 10.4 Å². The van der Waals surface area contributed by atoms with Crippen molar-refractivity contribution in [3.63, 3.8) is 0 Å². The summed E-state index contributed by atoms with van der Waals surface area (Å²) in [5.41, 5.74) is 0.00943. The van der Waals surface area contributed by atoms with Gasteiger partial charge in [0.25, 0.3) is 5.91 Å². The van der Waals surface area contributed by atoms with E-state index in [4.69, 9.17) is 11.6 Å². The van der Waals surface area contributed by atoms with Crippen LogP contribution in [-0.2, 0) is 0 Å². The number of phenols is 1. The summed E-state index contributed by atoms with van der Waals surface area (Å²) in [6, 6.07) is 4.35. The number of carbonyl (C=O) groups excluding carboxylic acids is 1. The normalized spacial score (nSPS) is 11.3. The molecule has 0 atom stereocenters. The predicted molar refractivity (Wildman–Crippen MR) is 77.7 cm³/mol. The van der Waals surface area contributed by atoms with Crippen molar-refractivity contribution in [2.45, 2.75) is 32.2 Å². The largest absolute Gasteiger partial charge is 0.508 e. The van der Waals surface area contributed by atoms with Crippen LogP contribution in [0.5, 0.6) is 5.75 Å². The van der Waals surface area contributed by atoms with Gasteiger partial charge in [-0.2, -0.15) is 0 Å². The summed E-state index contributed by atoms with van der Waals surface area (Å²) in [5, 5.41) is 13.4. The molecule has 0 radical (unpaired) electrons. The van der Waals surface area contributed by atoms with E-state index in [1.165, 1.54) is 18.2 Å². The summed E-state index contributed by atoms with van der Waals surface area (Å²) in [5.74, 6) is -0.235. The van der Waals surface area contributed by atoms with E-state index >= 15 is 0 Å². The molecule has 3 nitrogen and oxygen atoms in total. The maximum absolute atomic E-state index is 12.2. The quantitative estimate of drug-likeness (QED) is 0.806. The monoisotopic (exact) mass is 333 g/mol. The van der Waals surface area contributed by atoms with E-state index in [9.17, 15) is 9.90 Å². The highest BCUT2D eigenvalue weighted by Crippen LogP contribution is 2.24. The number of aromatic hydroxyl groups is 1. The van der Waals surface area contributed by atoms with Crippen molar-refractivity contribution < 1.29 is 9.90 Å². The molecule has 0 aliphatic rings. The van der Waals surface area contributed by atoms with Crippen LogP contribution in [-0.4, -0.2) is 21.9 Å². The topological polar surface area (TPSA) is 49.3 Å². The molecule has 0 unspecified atom stereocenters. The van der Waals surface area contributed by atoms with E-state index in [0.717, 1.165) is 12.8 Å². The minimum absolute atomic E-state index is 0.0296. The van der Waals surface area contributed by atoms with Gasteiger partial charge in [-0.1, -0.05) is 41.4 Å². The van der Waals surface area contributed by atoms with Gasteiger partial charge in [0.15, 0.2) is 0 Å². The lowest BCUT2D eigenvalue weighted by atomic mass is 9.95. The highest BCUT2D eigenvalue weighted by Gasteiger charge is 2.27. The highest BCUT2D eigenvalue weighted by atomic mass is 79.9. The molecule has 100 valence electrons. The molecular formula is C13H17BrClNO2. The first-order chi connectivity index (χ1) is 8.48. The zero-order chi connectivity index (χ0) is 13.8. The molecule has 1 amide bonds. The molecule has 2 N–H and O–H groups in total. The van der Waals surface area contributed by atoms with E-state index in [1.807, 2.05) is 13.8 Å². The fourth-order valence-electron chi connectivity index (χ4n) is 1.64. The molecule has 0 aromatic heterocycles. The van der Waals surface area contributed by atoms with Gasteiger partial charge in [0.2, 0.25) is 0 Å². The highest BCUT2D eigenvalue weighted by molar-refractivity contribution is 9.09. The molecule has 0 bridgehead atoms. The second kappa shape index (κ2) is 6.43. The van der Waals surface area contributed by atoms with Crippen molar-refractivity contribution in [3.8, 4) is 5.75 Å². The molecule has 0 aliphatic heterocycles. The fourth-order valence-corrected chi connectivity index (χ4v) is 2.78. The first-order valence-corrected chi connectivity index (χ1v) is 7.35. The van der Waals surface area contributed by atoms with E-state index in [0.29, 0.717) is 15.9 Å². The Balaban J connectivity index is 2.97. The van der Waals surface area contributed by atoms with Gasteiger partial charge in [-0.05, 0) is 31.0 Å². The number of amides is 1. The standard InChI is InChI=1S/C13H17BrClNO2/c1-3-13(4-2,8-14)16-12(18)10-7-9(17)5-6-11(10)15/h5-7,17H,3-4,8H2,1-2H3,(H,16,18). The smallest absolute Gasteiger partial charge is 0.253 e. The zero-order valence-electron chi connectivity index (χ0n) is 10.5. The van der Waals surface area contributed by atoms with Crippen LogP contribution in [0.25, 0.3) is 0 Å². The van der Waals surface area contributed by atoms with Crippen molar-refractivity contribution in [1.82, 2.24) is 5.32 Å². The van der Waals surface area contributed by atoms with Crippen molar-refractivity contribution >= 4 is 33.4 Å². The Morgan fingerprint density at radius 1 is 1.44 bits per heavy atom. The summed E-state index contributed by atoms with van der Waals surface area (Å²) in [4.78, 5) is 12.2. The number of hydrogen-bond acceptors (Lipinski definition) is 2. The second-order valence-electron chi connectivity index (χ2n) is 4.24. The second-order valence-corrected chi connectivity index (χ2v) is 5.21. The molecule has 5 heteroatoms.